The molecule has 9 heteroatoms. The molecule has 6 rings (SSSR count). The summed E-state index contributed by atoms with van der Waals surface area (Å²) < 4.78 is 21.2. The van der Waals surface area contributed by atoms with Crippen LogP contribution in [0.15, 0.2) is 48.9 Å². The molecule has 8 nitrogen and oxygen atoms in total. The van der Waals surface area contributed by atoms with Gasteiger partial charge < -0.3 is 9.64 Å². The van der Waals surface area contributed by atoms with Crippen LogP contribution >= 0.6 is 0 Å². The van der Waals surface area contributed by atoms with Crippen LogP contribution in [0.3, 0.4) is 0 Å². The van der Waals surface area contributed by atoms with E-state index in [-0.39, 0.29) is 17.8 Å². The van der Waals surface area contributed by atoms with Gasteiger partial charge in [-0.1, -0.05) is 18.2 Å². The van der Waals surface area contributed by atoms with Crippen LogP contribution in [0.4, 0.5) is 4.39 Å². The van der Waals surface area contributed by atoms with Crippen molar-refractivity contribution in [3.63, 3.8) is 0 Å². The molecule has 4 aromatic rings. The highest BCUT2D eigenvalue weighted by Crippen LogP contribution is 2.42. The topological polar surface area (TPSA) is 86.0 Å². The Bertz CT molecular complexity index is 1400. The summed E-state index contributed by atoms with van der Waals surface area (Å²) in [6.45, 7) is 1.21. The number of carbonyl (C=O) groups is 1. The minimum Gasteiger partial charge on any atom is -0.383 e. The van der Waals surface area contributed by atoms with Gasteiger partial charge in [-0.3, -0.25) is 9.78 Å². The molecule has 1 aromatic carbocycles. The van der Waals surface area contributed by atoms with Gasteiger partial charge >= 0.3 is 0 Å². The van der Waals surface area contributed by atoms with Crippen molar-refractivity contribution >= 4 is 16.8 Å². The fraction of sp³-hybridized carbons (Fsp3) is 0.346. The van der Waals surface area contributed by atoms with Gasteiger partial charge in [-0.2, -0.15) is 9.78 Å². The molecule has 1 saturated heterocycles. The number of pyridine rings is 1. The summed E-state index contributed by atoms with van der Waals surface area (Å²) >= 11 is 0. The Hall–Kier alpha value is -3.72. The Kier molecular flexibility index (Phi) is 5.49. The van der Waals surface area contributed by atoms with Crippen molar-refractivity contribution in [3.05, 3.63) is 66.1 Å². The maximum Gasteiger partial charge on any atom is 0.272 e. The second kappa shape index (κ2) is 8.81. The van der Waals surface area contributed by atoms with Crippen LogP contribution in [0, 0.1) is 5.82 Å². The first-order valence-corrected chi connectivity index (χ1v) is 11.9. The van der Waals surface area contributed by atoms with E-state index in [0.717, 1.165) is 42.3 Å². The number of halogens is 1. The predicted octanol–water partition coefficient (Wildman–Crippen LogP) is 4.15. The van der Waals surface area contributed by atoms with Gasteiger partial charge in [-0.05, 0) is 37.8 Å². The molecule has 3 aromatic heterocycles. The van der Waals surface area contributed by atoms with Gasteiger partial charge in [0.25, 0.3) is 11.9 Å². The minimum absolute atomic E-state index is 0.0613. The molecule has 2 aliphatic rings. The molecule has 1 aliphatic heterocycles. The largest absolute Gasteiger partial charge is 0.383 e. The minimum atomic E-state index is -0.327. The van der Waals surface area contributed by atoms with Crippen LogP contribution in [0.25, 0.3) is 28.0 Å². The number of aromatic nitrogens is 5. The van der Waals surface area contributed by atoms with Crippen molar-refractivity contribution in [2.45, 2.75) is 37.6 Å². The molecule has 1 amide bonds. The Morgan fingerprint density at radius 1 is 1.11 bits per heavy atom. The first-order valence-electron chi connectivity index (χ1n) is 11.9. The van der Waals surface area contributed by atoms with Crippen LogP contribution in [-0.4, -0.2) is 61.8 Å². The fourth-order valence-electron chi connectivity index (χ4n) is 4.84. The lowest BCUT2D eigenvalue weighted by Gasteiger charge is -2.23. The second-order valence-corrected chi connectivity index (χ2v) is 9.16. The third-order valence-electron chi connectivity index (χ3n) is 6.79. The SMILES string of the molecule is COCC1CCCN1C(=O)c1cc2c(cn1)c(C1CC1)nn2-c1ncc(-c2ccccc2F)cn1. The molecule has 1 saturated carbocycles. The molecule has 4 heterocycles. The predicted molar refractivity (Wildman–Crippen MR) is 128 cm³/mol. The quantitative estimate of drug-likeness (QED) is 0.419. The van der Waals surface area contributed by atoms with Gasteiger partial charge in [0, 0.05) is 54.7 Å². The number of ether oxygens (including phenoxy) is 1. The summed E-state index contributed by atoms with van der Waals surface area (Å²) in [5, 5.41) is 5.72. The summed E-state index contributed by atoms with van der Waals surface area (Å²) in [5.41, 5.74) is 3.09. The van der Waals surface area contributed by atoms with Crippen molar-refractivity contribution in [3.8, 4) is 17.1 Å². The first-order chi connectivity index (χ1) is 17.1. The summed E-state index contributed by atoms with van der Waals surface area (Å²) in [7, 11) is 1.65. The number of methoxy groups -OCH3 is 1. The molecule has 0 N–H and O–H groups in total. The fourth-order valence-corrected chi connectivity index (χ4v) is 4.84. The molecule has 2 fully saturated rings. The van der Waals surface area contributed by atoms with E-state index in [1.165, 1.54) is 6.07 Å². The highest BCUT2D eigenvalue weighted by molar-refractivity contribution is 5.96. The average molecular weight is 473 g/mol. The number of rotatable bonds is 6. The number of carbonyl (C=O) groups excluding carboxylic acids is 1. The Labute approximate surface area is 201 Å². The van der Waals surface area contributed by atoms with Crippen LogP contribution in [0.1, 0.15) is 47.8 Å². The van der Waals surface area contributed by atoms with Crippen LogP contribution in [-0.2, 0) is 4.74 Å². The molecule has 178 valence electrons. The van der Waals surface area contributed by atoms with Gasteiger partial charge in [-0.25, -0.2) is 14.4 Å². The zero-order valence-electron chi connectivity index (χ0n) is 19.4. The summed E-state index contributed by atoms with van der Waals surface area (Å²) in [6, 6.07) is 8.38. The number of hydrogen-bond acceptors (Lipinski definition) is 6. The number of fused-ring (bicyclic) bond motifs is 1. The maximum absolute atomic E-state index is 14.2. The Balaban J connectivity index is 1.39. The highest BCUT2D eigenvalue weighted by atomic mass is 19.1. The molecule has 0 radical (unpaired) electrons. The van der Waals surface area contributed by atoms with E-state index in [9.17, 15) is 9.18 Å². The Morgan fingerprint density at radius 2 is 1.91 bits per heavy atom. The normalized spacial score (nSPS) is 17.9. The Morgan fingerprint density at radius 3 is 2.66 bits per heavy atom. The number of likely N-dealkylation sites (tertiary alicyclic amines) is 1. The number of amides is 1. The number of benzene rings is 1. The first kappa shape index (κ1) is 21.8. The lowest BCUT2D eigenvalue weighted by molar-refractivity contribution is 0.0625. The van der Waals surface area contributed by atoms with Gasteiger partial charge in [0.1, 0.15) is 11.5 Å². The van der Waals surface area contributed by atoms with Crippen LogP contribution in [0.2, 0.25) is 0 Å². The van der Waals surface area contributed by atoms with Crippen molar-refractivity contribution in [2.24, 2.45) is 0 Å². The third kappa shape index (κ3) is 3.95. The van der Waals surface area contributed by atoms with E-state index < -0.39 is 0 Å². The highest BCUT2D eigenvalue weighted by Gasteiger charge is 2.33. The number of nitrogens with zero attached hydrogens (tertiary/aromatic N) is 6. The van der Waals surface area contributed by atoms with Crippen LogP contribution in [0.5, 0.6) is 0 Å². The second-order valence-electron chi connectivity index (χ2n) is 9.16. The molecule has 35 heavy (non-hydrogen) atoms. The van der Waals surface area contributed by atoms with Crippen molar-refractivity contribution in [1.29, 1.82) is 0 Å². The average Bonchev–Trinajstić information content (AvgIpc) is 3.50. The molecule has 0 bridgehead atoms. The third-order valence-corrected chi connectivity index (χ3v) is 6.79. The van der Waals surface area contributed by atoms with Gasteiger partial charge in [0.15, 0.2) is 0 Å². The zero-order chi connectivity index (χ0) is 23.9. The number of hydrogen-bond donors (Lipinski definition) is 0. The molecular weight excluding hydrogens is 447 g/mol. The van der Waals surface area contributed by atoms with Gasteiger partial charge in [0.05, 0.1) is 23.9 Å². The molecule has 0 spiro atoms. The van der Waals surface area contributed by atoms with Crippen molar-refractivity contribution in [2.75, 3.05) is 20.3 Å². The maximum atomic E-state index is 14.2. The van der Waals surface area contributed by atoms with Crippen LogP contribution < -0.4 is 0 Å². The van der Waals surface area contributed by atoms with E-state index in [0.29, 0.717) is 41.8 Å². The molecule has 1 aliphatic carbocycles. The molecule has 1 unspecified atom stereocenters. The monoisotopic (exact) mass is 472 g/mol. The lowest BCUT2D eigenvalue weighted by atomic mass is 10.1. The summed E-state index contributed by atoms with van der Waals surface area (Å²) in [6.07, 6.45) is 8.96. The van der Waals surface area contributed by atoms with E-state index in [4.69, 9.17) is 9.84 Å². The molecular formula is C26H25FN6O2. The van der Waals surface area contributed by atoms with Crippen molar-refractivity contribution in [1.82, 2.24) is 29.6 Å². The summed E-state index contributed by atoms with van der Waals surface area (Å²) in [5.74, 6) is 0.310. The van der Waals surface area contributed by atoms with Gasteiger partial charge in [0.2, 0.25) is 0 Å². The zero-order valence-corrected chi connectivity index (χ0v) is 19.4. The lowest BCUT2D eigenvalue weighted by Crippen LogP contribution is -2.38. The van der Waals surface area contributed by atoms with Crippen molar-refractivity contribution < 1.29 is 13.9 Å². The smallest absolute Gasteiger partial charge is 0.272 e. The van der Waals surface area contributed by atoms with E-state index in [2.05, 4.69) is 15.0 Å². The summed E-state index contributed by atoms with van der Waals surface area (Å²) in [4.78, 5) is 28.7. The standard InChI is InChI=1S/C26H25FN6O2/c1-35-15-18-5-4-10-32(18)25(34)22-11-23-20(14-28-22)24(16-8-9-16)31-33(23)26-29-12-17(13-30-26)19-6-2-3-7-21(19)27/h2-3,6-7,11-14,16,18H,4-5,8-10,15H2,1H3. The van der Waals surface area contributed by atoms with Gasteiger partial charge in [-0.15, -0.1) is 0 Å². The molecule has 1 atom stereocenters. The van der Waals surface area contributed by atoms with E-state index in [1.54, 1.807) is 54.6 Å². The van der Waals surface area contributed by atoms with E-state index >= 15 is 0 Å². The van der Waals surface area contributed by atoms with E-state index in [1.807, 2.05) is 4.90 Å².